The number of carbonyl (C=O) groups is 1. The van der Waals surface area contributed by atoms with Crippen molar-refractivity contribution in [3.05, 3.63) is 35.9 Å². The molecule has 0 bridgehead atoms. The van der Waals surface area contributed by atoms with Gasteiger partial charge in [-0.15, -0.1) is 11.6 Å². The zero-order valence-electron chi connectivity index (χ0n) is 10.2. The minimum atomic E-state index is -0.431. The highest BCUT2D eigenvalue weighted by atomic mass is 35.5. The van der Waals surface area contributed by atoms with Gasteiger partial charge in [-0.3, -0.25) is 0 Å². The monoisotopic (exact) mass is 271 g/mol. The fraction of sp³-hybridized carbons (Fsp3) is 0.462. The van der Waals surface area contributed by atoms with Crippen LogP contribution < -0.4 is 5.32 Å². The van der Waals surface area contributed by atoms with Gasteiger partial charge in [-0.25, -0.2) is 4.79 Å². The molecule has 0 aromatic heterocycles. The number of rotatable bonds is 8. The molecule has 0 atom stereocenters. The van der Waals surface area contributed by atoms with Gasteiger partial charge in [0.25, 0.3) is 0 Å². The minimum absolute atomic E-state index is 0.278. The Morgan fingerprint density at radius 2 is 2.00 bits per heavy atom. The summed E-state index contributed by atoms with van der Waals surface area (Å²) >= 11 is 5.49. The van der Waals surface area contributed by atoms with E-state index >= 15 is 0 Å². The van der Waals surface area contributed by atoms with Crippen LogP contribution in [0.15, 0.2) is 30.3 Å². The quantitative estimate of drug-likeness (QED) is 0.584. The van der Waals surface area contributed by atoms with Crippen LogP contribution in [0.3, 0.4) is 0 Å². The molecule has 0 radical (unpaired) electrons. The molecule has 0 heterocycles. The number of carbonyl (C=O) groups excluding carboxylic acids is 1. The molecule has 1 amide bonds. The molecule has 0 unspecified atom stereocenters. The lowest BCUT2D eigenvalue weighted by Gasteiger charge is -2.07. The normalized spacial score (nSPS) is 10.1. The Morgan fingerprint density at radius 1 is 1.22 bits per heavy atom. The molecule has 1 N–H and O–H groups in total. The fourth-order valence-corrected chi connectivity index (χ4v) is 1.37. The summed E-state index contributed by atoms with van der Waals surface area (Å²) in [7, 11) is 0. The summed E-state index contributed by atoms with van der Waals surface area (Å²) in [6.07, 6.45) is 0.389. The van der Waals surface area contributed by atoms with E-state index in [1.807, 2.05) is 30.3 Å². The third-order valence-electron chi connectivity index (χ3n) is 2.15. The fourth-order valence-electron chi connectivity index (χ4n) is 1.26. The molecule has 0 aliphatic rings. The molecule has 0 saturated carbocycles. The molecule has 1 aromatic carbocycles. The number of hydrogen-bond donors (Lipinski definition) is 1. The number of benzene rings is 1. The number of halogens is 1. The van der Waals surface area contributed by atoms with Crippen LogP contribution in [0.2, 0.25) is 0 Å². The van der Waals surface area contributed by atoms with Gasteiger partial charge >= 0.3 is 6.09 Å². The van der Waals surface area contributed by atoms with Gasteiger partial charge in [-0.05, 0) is 12.0 Å². The topological polar surface area (TPSA) is 47.6 Å². The summed E-state index contributed by atoms with van der Waals surface area (Å²) in [5.74, 6) is 0.590. The molecule has 5 heteroatoms. The smallest absolute Gasteiger partial charge is 0.407 e. The number of nitrogens with one attached hydrogen (secondary N) is 1. The molecule has 1 rings (SSSR count). The Labute approximate surface area is 112 Å². The Balaban J connectivity index is 2.01. The first kappa shape index (κ1) is 14.8. The predicted octanol–water partition coefficient (Wildman–Crippen LogP) is 2.56. The second-order valence-corrected chi connectivity index (χ2v) is 4.02. The highest BCUT2D eigenvalue weighted by molar-refractivity contribution is 6.17. The van der Waals surface area contributed by atoms with Crippen molar-refractivity contribution in [1.82, 2.24) is 5.32 Å². The van der Waals surface area contributed by atoms with Crippen LogP contribution in [0.25, 0.3) is 0 Å². The van der Waals surface area contributed by atoms with Gasteiger partial charge in [0.2, 0.25) is 0 Å². The van der Waals surface area contributed by atoms with Gasteiger partial charge in [0.1, 0.15) is 6.61 Å². The maximum atomic E-state index is 11.3. The average molecular weight is 272 g/mol. The second-order valence-electron chi connectivity index (χ2n) is 3.64. The number of ether oxygens (including phenoxy) is 2. The van der Waals surface area contributed by atoms with Gasteiger partial charge in [0, 0.05) is 19.0 Å². The Bertz CT molecular complexity index is 332. The van der Waals surface area contributed by atoms with E-state index in [1.165, 1.54) is 0 Å². The van der Waals surface area contributed by atoms with Gasteiger partial charge in [-0.2, -0.15) is 0 Å². The van der Waals surface area contributed by atoms with Gasteiger partial charge in [-0.1, -0.05) is 30.3 Å². The van der Waals surface area contributed by atoms with E-state index in [2.05, 4.69) is 5.32 Å². The van der Waals surface area contributed by atoms with E-state index in [9.17, 15) is 4.79 Å². The molecule has 0 aliphatic heterocycles. The van der Waals surface area contributed by atoms with Crippen molar-refractivity contribution < 1.29 is 14.3 Å². The minimum Gasteiger partial charge on any atom is -0.445 e. The summed E-state index contributed by atoms with van der Waals surface area (Å²) < 4.78 is 10.3. The zero-order valence-corrected chi connectivity index (χ0v) is 11.0. The Morgan fingerprint density at radius 3 is 2.72 bits per heavy atom. The first-order chi connectivity index (χ1) is 8.83. The number of amides is 1. The largest absolute Gasteiger partial charge is 0.445 e. The number of alkyl halides is 1. The van der Waals surface area contributed by atoms with Crippen molar-refractivity contribution in [2.24, 2.45) is 0 Å². The number of hydrogen-bond acceptors (Lipinski definition) is 3. The molecule has 100 valence electrons. The van der Waals surface area contributed by atoms with Crippen LogP contribution in [0, 0.1) is 0 Å². The maximum absolute atomic E-state index is 11.3. The summed E-state index contributed by atoms with van der Waals surface area (Å²) in [6.45, 7) is 1.80. The second kappa shape index (κ2) is 9.74. The Kier molecular flexibility index (Phi) is 8.01. The number of alkyl carbamates (subject to hydrolysis) is 1. The van der Waals surface area contributed by atoms with Crippen molar-refractivity contribution in [3.63, 3.8) is 0 Å². The molecule has 0 fully saturated rings. The molecule has 0 spiro atoms. The van der Waals surface area contributed by atoms with E-state index in [-0.39, 0.29) is 6.61 Å². The first-order valence-electron chi connectivity index (χ1n) is 5.91. The SMILES string of the molecule is O=C(NCCOCCCCl)OCc1ccccc1. The lowest BCUT2D eigenvalue weighted by molar-refractivity contribution is 0.119. The van der Waals surface area contributed by atoms with Crippen LogP contribution in [-0.2, 0) is 16.1 Å². The van der Waals surface area contributed by atoms with Gasteiger partial charge in [0.15, 0.2) is 0 Å². The van der Waals surface area contributed by atoms with Crippen LogP contribution in [0.1, 0.15) is 12.0 Å². The van der Waals surface area contributed by atoms with Crippen molar-refractivity contribution >= 4 is 17.7 Å². The van der Waals surface area contributed by atoms with Gasteiger partial charge in [0.05, 0.1) is 6.61 Å². The van der Waals surface area contributed by atoms with Gasteiger partial charge < -0.3 is 14.8 Å². The first-order valence-corrected chi connectivity index (χ1v) is 6.44. The van der Waals surface area contributed by atoms with E-state index in [0.717, 1.165) is 12.0 Å². The molecule has 18 heavy (non-hydrogen) atoms. The predicted molar refractivity (Wildman–Crippen MR) is 70.8 cm³/mol. The van der Waals surface area contributed by atoms with Crippen molar-refractivity contribution in [3.8, 4) is 0 Å². The van der Waals surface area contributed by atoms with Crippen molar-refractivity contribution in [2.45, 2.75) is 13.0 Å². The lowest BCUT2D eigenvalue weighted by Crippen LogP contribution is -2.27. The summed E-state index contributed by atoms with van der Waals surface area (Å²) in [5.41, 5.74) is 0.964. The molecule has 4 nitrogen and oxygen atoms in total. The molecular weight excluding hydrogens is 254 g/mol. The zero-order chi connectivity index (χ0) is 13.1. The average Bonchev–Trinajstić information content (AvgIpc) is 2.41. The van der Waals surface area contributed by atoms with Crippen molar-refractivity contribution in [2.75, 3.05) is 25.6 Å². The molecule has 1 aromatic rings. The van der Waals surface area contributed by atoms with E-state index in [0.29, 0.717) is 25.6 Å². The molecular formula is C13H18ClNO3. The van der Waals surface area contributed by atoms with Crippen molar-refractivity contribution in [1.29, 1.82) is 0 Å². The summed E-state index contributed by atoms with van der Waals surface area (Å²) in [6, 6.07) is 9.54. The summed E-state index contributed by atoms with van der Waals surface area (Å²) in [4.78, 5) is 11.3. The van der Waals surface area contributed by atoms with Crippen LogP contribution >= 0.6 is 11.6 Å². The van der Waals surface area contributed by atoms with E-state index < -0.39 is 6.09 Å². The highest BCUT2D eigenvalue weighted by Crippen LogP contribution is 2.00. The molecule has 0 aliphatic carbocycles. The highest BCUT2D eigenvalue weighted by Gasteiger charge is 2.01. The molecule has 0 saturated heterocycles. The van der Waals surface area contributed by atoms with Crippen LogP contribution in [0.4, 0.5) is 4.79 Å². The van der Waals surface area contributed by atoms with E-state index in [1.54, 1.807) is 0 Å². The Hall–Kier alpha value is -1.26. The lowest BCUT2D eigenvalue weighted by atomic mass is 10.2. The summed E-state index contributed by atoms with van der Waals surface area (Å²) in [5, 5.41) is 2.61. The maximum Gasteiger partial charge on any atom is 0.407 e. The van der Waals surface area contributed by atoms with Crippen LogP contribution in [0.5, 0.6) is 0 Å². The van der Waals surface area contributed by atoms with E-state index in [4.69, 9.17) is 21.1 Å². The third kappa shape index (κ3) is 7.14. The standard InChI is InChI=1S/C13H18ClNO3/c14-7-4-9-17-10-8-15-13(16)18-11-12-5-2-1-3-6-12/h1-3,5-6H,4,7-11H2,(H,15,16). The van der Waals surface area contributed by atoms with Crippen LogP contribution in [-0.4, -0.2) is 31.7 Å². The third-order valence-corrected chi connectivity index (χ3v) is 2.42.